The third kappa shape index (κ3) is 2.64. The van der Waals surface area contributed by atoms with Gasteiger partial charge in [0.2, 0.25) is 0 Å². The molecule has 0 saturated heterocycles. The molecule has 9 heteroatoms. The van der Waals surface area contributed by atoms with E-state index in [9.17, 15) is 40.6 Å². The number of halogens is 7. The summed E-state index contributed by atoms with van der Waals surface area (Å²) in [5, 5.41) is 9.88. The minimum atomic E-state index is -6.48. The van der Waals surface area contributed by atoms with Crippen molar-refractivity contribution in [3.63, 3.8) is 0 Å². The van der Waals surface area contributed by atoms with Crippen molar-refractivity contribution in [1.82, 2.24) is 0 Å². The molecule has 0 rings (SSSR count). The summed E-state index contributed by atoms with van der Waals surface area (Å²) < 4.78 is 84.1. The van der Waals surface area contributed by atoms with Gasteiger partial charge >= 0.3 is 18.0 Å². The lowest BCUT2D eigenvalue weighted by Gasteiger charge is -2.28. The minimum Gasteiger partial charge on any atom is -0.545 e. The second-order valence-electron chi connectivity index (χ2n) is 2.84. The van der Waals surface area contributed by atoms with Crippen LogP contribution in [0.5, 0.6) is 0 Å². The van der Waals surface area contributed by atoms with Gasteiger partial charge in [0.15, 0.2) is 0 Å². The molecule has 0 heterocycles. The SMILES string of the molecule is C=C(CC(F)(F)C(F)(F)C(F)(F)F)C(=O)[O-]. The number of carbonyl (C=O) groups is 1. The summed E-state index contributed by atoms with van der Waals surface area (Å²) in [7, 11) is 0. The molecule has 0 aromatic rings. The zero-order valence-corrected chi connectivity index (χ0v) is 7.38. The highest BCUT2D eigenvalue weighted by Crippen LogP contribution is 2.48. The average molecular weight is 253 g/mol. The maximum absolute atomic E-state index is 12.5. The van der Waals surface area contributed by atoms with Crippen LogP contribution in [0.1, 0.15) is 6.42 Å². The van der Waals surface area contributed by atoms with Gasteiger partial charge in [-0.05, 0) is 5.57 Å². The van der Waals surface area contributed by atoms with Gasteiger partial charge in [0.25, 0.3) is 0 Å². The van der Waals surface area contributed by atoms with Gasteiger partial charge in [0, 0.05) is 6.42 Å². The molecule has 2 nitrogen and oxygen atoms in total. The third-order valence-corrected chi connectivity index (χ3v) is 1.54. The summed E-state index contributed by atoms with van der Waals surface area (Å²) in [5.74, 6) is -14.3. The molecule has 0 aliphatic rings. The van der Waals surface area contributed by atoms with Gasteiger partial charge in [-0.15, -0.1) is 0 Å². The Labute approximate surface area is 84.4 Å². The maximum Gasteiger partial charge on any atom is 0.459 e. The van der Waals surface area contributed by atoms with E-state index in [0.29, 0.717) is 0 Å². The van der Waals surface area contributed by atoms with Gasteiger partial charge < -0.3 is 9.90 Å². The molecule has 0 atom stereocenters. The molecule has 0 N–H and O–H groups in total. The smallest absolute Gasteiger partial charge is 0.459 e. The van der Waals surface area contributed by atoms with Crippen LogP contribution in [0.2, 0.25) is 0 Å². The van der Waals surface area contributed by atoms with Gasteiger partial charge in [0.05, 0.1) is 5.97 Å². The molecule has 0 saturated carbocycles. The number of alkyl halides is 7. The standard InChI is InChI=1S/C7H5F7O2/c1-3(4(15)16)2-5(8,9)6(10,11)7(12,13)14/h1-2H2,(H,15,16)/p-1. The third-order valence-electron chi connectivity index (χ3n) is 1.54. The molecular weight excluding hydrogens is 249 g/mol. The minimum absolute atomic E-state index is 1.55. The Hall–Kier alpha value is -1.28. The van der Waals surface area contributed by atoms with Crippen molar-refractivity contribution < 1.29 is 40.6 Å². The topological polar surface area (TPSA) is 40.1 Å². The van der Waals surface area contributed by atoms with E-state index in [-0.39, 0.29) is 0 Å². The fraction of sp³-hybridized carbons (Fsp3) is 0.571. The number of rotatable bonds is 4. The van der Waals surface area contributed by atoms with Crippen molar-refractivity contribution in [2.45, 2.75) is 24.4 Å². The van der Waals surface area contributed by atoms with Crippen LogP contribution < -0.4 is 5.11 Å². The summed E-state index contributed by atoms with van der Waals surface area (Å²) in [6.45, 7) is 2.39. The zero-order chi connectivity index (χ0) is 13.4. The summed E-state index contributed by atoms with van der Waals surface area (Å²) in [6, 6.07) is 0. The van der Waals surface area contributed by atoms with Gasteiger partial charge in [-0.3, -0.25) is 0 Å². The van der Waals surface area contributed by atoms with E-state index in [0.717, 1.165) is 0 Å². The first kappa shape index (κ1) is 14.7. The fourth-order valence-corrected chi connectivity index (χ4v) is 0.659. The van der Waals surface area contributed by atoms with E-state index in [1.807, 2.05) is 0 Å². The summed E-state index contributed by atoms with van der Waals surface area (Å²) >= 11 is 0. The predicted octanol–water partition coefficient (Wildman–Crippen LogP) is 1.52. The molecule has 94 valence electrons. The van der Waals surface area contributed by atoms with Crippen LogP contribution in [0.25, 0.3) is 0 Å². The summed E-state index contributed by atoms with van der Waals surface area (Å²) in [4.78, 5) is 9.88. The van der Waals surface area contributed by atoms with E-state index in [2.05, 4.69) is 6.58 Å². The molecule has 0 spiro atoms. The molecule has 0 unspecified atom stereocenters. The van der Waals surface area contributed by atoms with Crippen LogP contribution in [-0.2, 0) is 4.79 Å². The van der Waals surface area contributed by atoms with Crippen LogP contribution in [-0.4, -0.2) is 24.0 Å². The average Bonchev–Trinajstić information content (AvgIpc) is 2.00. The monoisotopic (exact) mass is 253 g/mol. The number of aliphatic carboxylic acids is 1. The largest absolute Gasteiger partial charge is 0.545 e. The molecule has 0 aliphatic carbocycles. The number of carboxylic acids is 1. The first-order valence-electron chi connectivity index (χ1n) is 3.54. The highest BCUT2D eigenvalue weighted by Gasteiger charge is 2.72. The first-order valence-corrected chi connectivity index (χ1v) is 3.54. The number of carbonyl (C=O) groups excluding carboxylic acids is 1. The second kappa shape index (κ2) is 3.95. The molecule has 0 aromatic carbocycles. The van der Waals surface area contributed by atoms with Gasteiger partial charge in [-0.1, -0.05) is 6.58 Å². The number of carboxylic acid groups (broad SMARTS) is 1. The van der Waals surface area contributed by atoms with Gasteiger partial charge in [-0.2, -0.15) is 30.7 Å². The summed E-state index contributed by atoms with van der Waals surface area (Å²) in [5.41, 5.74) is -1.55. The Morgan fingerprint density at radius 1 is 1.06 bits per heavy atom. The molecule has 16 heavy (non-hydrogen) atoms. The van der Waals surface area contributed by atoms with E-state index in [4.69, 9.17) is 0 Å². The highest BCUT2D eigenvalue weighted by molar-refractivity contribution is 5.83. The molecule has 0 aromatic heterocycles. The van der Waals surface area contributed by atoms with Crippen LogP contribution in [0.4, 0.5) is 30.7 Å². The summed E-state index contributed by atoms with van der Waals surface area (Å²) in [6.07, 6.45) is -8.83. The molecule has 0 amide bonds. The second-order valence-corrected chi connectivity index (χ2v) is 2.84. The lowest BCUT2D eigenvalue weighted by Crippen LogP contribution is -2.52. The van der Waals surface area contributed by atoms with E-state index < -0.39 is 36.0 Å². The Balaban J connectivity index is 5.06. The lowest BCUT2D eigenvalue weighted by atomic mass is 10.0. The van der Waals surface area contributed by atoms with Gasteiger partial charge in [0.1, 0.15) is 0 Å². The molecular formula is C7H4F7O2-. The van der Waals surface area contributed by atoms with Crippen LogP contribution >= 0.6 is 0 Å². The first-order chi connectivity index (χ1) is 6.83. The maximum atomic E-state index is 12.5. The van der Waals surface area contributed by atoms with Crippen molar-refractivity contribution in [1.29, 1.82) is 0 Å². The van der Waals surface area contributed by atoms with Crippen LogP contribution in [0.15, 0.2) is 12.2 Å². The zero-order valence-electron chi connectivity index (χ0n) is 7.38. The Morgan fingerprint density at radius 3 is 1.69 bits per heavy atom. The van der Waals surface area contributed by atoms with Crippen molar-refractivity contribution in [3.05, 3.63) is 12.2 Å². The number of hydrogen-bond acceptors (Lipinski definition) is 2. The van der Waals surface area contributed by atoms with Crippen LogP contribution in [0.3, 0.4) is 0 Å². The molecule has 0 aliphatic heterocycles. The van der Waals surface area contributed by atoms with Gasteiger partial charge in [-0.25, -0.2) is 0 Å². The highest BCUT2D eigenvalue weighted by atomic mass is 19.4. The van der Waals surface area contributed by atoms with Crippen LogP contribution in [0, 0.1) is 0 Å². The van der Waals surface area contributed by atoms with E-state index in [1.54, 1.807) is 0 Å². The van der Waals surface area contributed by atoms with Crippen molar-refractivity contribution in [2.24, 2.45) is 0 Å². The van der Waals surface area contributed by atoms with E-state index >= 15 is 0 Å². The predicted molar refractivity (Wildman–Crippen MR) is 34.7 cm³/mol. The van der Waals surface area contributed by atoms with Crippen molar-refractivity contribution in [2.75, 3.05) is 0 Å². The Bertz CT molecular complexity index is 304. The Morgan fingerprint density at radius 2 is 1.44 bits per heavy atom. The molecule has 0 bridgehead atoms. The normalized spacial score (nSPS) is 13.7. The number of hydrogen-bond donors (Lipinski definition) is 0. The van der Waals surface area contributed by atoms with Crippen molar-refractivity contribution in [3.8, 4) is 0 Å². The quantitative estimate of drug-likeness (QED) is 0.563. The molecule has 0 radical (unpaired) electrons. The Kier molecular flexibility index (Phi) is 3.63. The fourth-order valence-electron chi connectivity index (χ4n) is 0.659. The van der Waals surface area contributed by atoms with Crippen molar-refractivity contribution >= 4 is 5.97 Å². The van der Waals surface area contributed by atoms with E-state index in [1.165, 1.54) is 0 Å². The lowest BCUT2D eigenvalue weighted by molar-refractivity contribution is -0.354. The molecule has 0 fully saturated rings.